The number of nitrogens with zero attached hydrogens (tertiary/aromatic N) is 1. The number of carbonyl (C=O) groups is 2. The quantitative estimate of drug-likeness (QED) is 0.752. The van der Waals surface area contributed by atoms with Gasteiger partial charge in [0, 0.05) is 12.1 Å². The lowest BCUT2D eigenvalue weighted by Crippen LogP contribution is -2.48. The molecule has 0 aliphatic carbocycles. The lowest BCUT2D eigenvalue weighted by molar-refractivity contribution is -0.143. The van der Waals surface area contributed by atoms with Crippen molar-refractivity contribution in [2.24, 2.45) is 0 Å². The van der Waals surface area contributed by atoms with Crippen molar-refractivity contribution in [3.05, 3.63) is 17.7 Å². The molecule has 26 heavy (non-hydrogen) atoms. The summed E-state index contributed by atoms with van der Waals surface area (Å²) in [5, 5.41) is 9.36. The molecule has 1 amide bonds. The zero-order chi connectivity index (χ0) is 19.5. The van der Waals surface area contributed by atoms with E-state index >= 15 is 0 Å². The fourth-order valence-corrected chi connectivity index (χ4v) is 3.51. The van der Waals surface area contributed by atoms with Crippen molar-refractivity contribution in [3.63, 3.8) is 0 Å². The standard InChI is InChI=1S/C16H22N2O7S/c1-24-13-9-10(8-11(14(13)25-2)17-26(3,22)23)15(19)18-7-5-4-6-12(18)16(20)21/h8-9,12,17H,4-7H2,1-3H3,(H,20,21). The van der Waals surface area contributed by atoms with Gasteiger partial charge in [-0.3, -0.25) is 9.52 Å². The summed E-state index contributed by atoms with van der Waals surface area (Å²) in [6.07, 6.45) is 2.78. The minimum Gasteiger partial charge on any atom is -0.493 e. The van der Waals surface area contributed by atoms with E-state index in [9.17, 15) is 23.1 Å². The van der Waals surface area contributed by atoms with Gasteiger partial charge in [0.2, 0.25) is 10.0 Å². The van der Waals surface area contributed by atoms with Crippen LogP contribution in [0, 0.1) is 0 Å². The first-order chi connectivity index (χ1) is 12.2. The van der Waals surface area contributed by atoms with Crippen LogP contribution in [0.2, 0.25) is 0 Å². The Morgan fingerprint density at radius 2 is 1.92 bits per heavy atom. The zero-order valence-corrected chi connectivity index (χ0v) is 15.6. The summed E-state index contributed by atoms with van der Waals surface area (Å²) in [4.78, 5) is 25.6. The second kappa shape index (κ2) is 7.81. The minimum atomic E-state index is -3.63. The molecule has 1 unspecified atom stereocenters. The van der Waals surface area contributed by atoms with E-state index in [2.05, 4.69) is 4.72 Å². The highest BCUT2D eigenvalue weighted by Gasteiger charge is 2.33. The number of aliphatic carboxylic acids is 1. The Bertz CT molecular complexity index is 807. The van der Waals surface area contributed by atoms with Gasteiger partial charge >= 0.3 is 5.97 Å². The fraction of sp³-hybridized carbons (Fsp3) is 0.500. The first kappa shape index (κ1) is 19.8. The Balaban J connectivity index is 2.49. The number of ether oxygens (including phenoxy) is 2. The predicted octanol–water partition coefficient (Wildman–Crippen LogP) is 1.15. The smallest absolute Gasteiger partial charge is 0.326 e. The highest BCUT2D eigenvalue weighted by molar-refractivity contribution is 7.92. The molecule has 1 aromatic rings. The van der Waals surface area contributed by atoms with Crippen molar-refractivity contribution in [1.82, 2.24) is 4.90 Å². The number of likely N-dealkylation sites (tertiary alicyclic amines) is 1. The van der Waals surface area contributed by atoms with Crippen molar-refractivity contribution in [1.29, 1.82) is 0 Å². The number of rotatable bonds is 6. The van der Waals surface area contributed by atoms with Gasteiger partial charge in [0.25, 0.3) is 5.91 Å². The van der Waals surface area contributed by atoms with Crippen LogP contribution in [-0.2, 0) is 14.8 Å². The van der Waals surface area contributed by atoms with E-state index in [1.54, 1.807) is 0 Å². The molecule has 9 nitrogen and oxygen atoms in total. The number of piperidine rings is 1. The first-order valence-corrected chi connectivity index (χ1v) is 9.84. The second-order valence-electron chi connectivity index (χ2n) is 5.98. The topological polar surface area (TPSA) is 122 Å². The average molecular weight is 386 g/mol. The van der Waals surface area contributed by atoms with Crippen LogP contribution in [0.4, 0.5) is 5.69 Å². The number of amides is 1. The van der Waals surface area contributed by atoms with Crippen LogP contribution in [0.25, 0.3) is 0 Å². The van der Waals surface area contributed by atoms with Crippen molar-refractivity contribution in [3.8, 4) is 11.5 Å². The second-order valence-corrected chi connectivity index (χ2v) is 7.73. The number of hydrogen-bond acceptors (Lipinski definition) is 6. The van der Waals surface area contributed by atoms with Gasteiger partial charge < -0.3 is 19.5 Å². The average Bonchev–Trinajstić information content (AvgIpc) is 2.58. The maximum Gasteiger partial charge on any atom is 0.326 e. The molecule has 0 saturated carbocycles. The van der Waals surface area contributed by atoms with E-state index in [1.165, 1.54) is 31.3 Å². The first-order valence-electron chi connectivity index (χ1n) is 7.95. The highest BCUT2D eigenvalue weighted by Crippen LogP contribution is 2.37. The summed E-state index contributed by atoms with van der Waals surface area (Å²) in [6.45, 7) is 0.318. The lowest BCUT2D eigenvalue weighted by Gasteiger charge is -2.33. The number of nitrogens with one attached hydrogen (secondary N) is 1. The maximum atomic E-state index is 12.9. The third kappa shape index (κ3) is 4.37. The monoisotopic (exact) mass is 386 g/mol. The highest BCUT2D eigenvalue weighted by atomic mass is 32.2. The number of hydrogen-bond donors (Lipinski definition) is 2. The molecule has 1 fully saturated rings. The fourth-order valence-electron chi connectivity index (χ4n) is 2.96. The van der Waals surface area contributed by atoms with Crippen molar-refractivity contribution < 1.29 is 32.6 Å². The van der Waals surface area contributed by atoms with Crippen LogP contribution in [0.5, 0.6) is 11.5 Å². The molecule has 1 aliphatic rings. The molecule has 2 rings (SSSR count). The van der Waals surface area contributed by atoms with Gasteiger partial charge in [-0.1, -0.05) is 0 Å². The van der Waals surface area contributed by atoms with Crippen LogP contribution in [-0.4, -0.2) is 63.4 Å². The van der Waals surface area contributed by atoms with Gasteiger partial charge in [0.15, 0.2) is 11.5 Å². The van der Waals surface area contributed by atoms with E-state index < -0.39 is 27.9 Å². The van der Waals surface area contributed by atoms with E-state index in [4.69, 9.17) is 9.47 Å². The Morgan fingerprint density at radius 1 is 1.23 bits per heavy atom. The number of carboxylic acid groups (broad SMARTS) is 1. The lowest BCUT2D eigenvalue weighted by atomic mass is 10.0. The van der Waals surface area contributed by atoms with Gasteiger partial charge in [-0.05, 0) is 31.4 Å². The molecule has 1 heterocycles. The van der Waals surface area contributed by atoms with Gasteiger partial charge in [-0.15, -0.1) is 0 Å². The molecule has 144 valence electrons. The summed E-state index contributed by atoms with van der Waals surface area (Å²) >= 11 is 0. The van der Waals surface area contributed by atoms with Crippen molar-refractivity contribution in [2.45, 2.75) is 25.3 Å². The summed E-state index contributed by atoms with van der Waals surface area (Å²) in [5.41, 5.74) is 0.156. The number of carbonyl (C=O) groups excluding carboxylic acids is 1. The zero-order valence-electron chi connectivity index (χ0n) is 14.8. The van der Waals surface area contributed by atoms with E-state index in [0.29, 0.717) is 19.4 Å². The van der Waals surface area contributed by atoms with Crippen molar-refractivity contribution in [2.75, 3.05) is 31.7 Å². The normalized spacial score (nSPS) is 17.5. The van der Waals surface area contributed by atoms with Gasteiger partial charge in [-0.2, -0.15) is 0 Å². The van der Waals surface area contributed by atoms with Crippen LogP contribution in [0.15, 0.2) is 12.1 Å². The molecule has 0 radical (unpaired) electrons. The molecule has 2 N–H and O–H groups in total. The summed E-state index contributed by atoms with van der Waals surface area (Å²) in [6, 6.07) is 1.82. The molecule has 0 aromatic heterocycles. The maximum absolute atomic E-state index is 12.9. The molecule has 1 atom stereocenters. The van der Waals surface area contributed by atoms with E-state index in [-0.39, 0.29) is 22.7 Å². The number of sulfonamides is 1. The molecule has 0 spiro atoms. The number of benzene rings is 1. The van der Waals surface area contributed by atoms with Crippen molar-refractivity contribution >= 4 is 27.6 Å². The molecule has 0 bridgehead atoms. The molecule has 1 aliphatic heterocycles. The Hall–Kier alpha value is -2.49. The summed E-state index contributed by atoms with van der Waals surface area (Å²) < 4.78 is 35.9. The Labute approximate surface area is 151 Å². The summed E-state index contributed by atoms with van der Waals surface area (Å²) in [5.74, 6) is -1.28. The largest absolute Gasteiger partial charge is 0.493 e. The van der Waals surface area contributed by atoms with E-state index in [1.807, 2.05) is 0 Å². The molecule has 1 saturated heterocycles. The minimum absolute atomic E-state index is 0.0431. The molecule has 1 aromatic carbocycles. The number of anilines is 1. The molecule has 10 heteroatoms. The van der Waals surface area contributed by atoms with Crippen LogP contribution in [0.1, 0.15) is 29.6 Å². The molecular formula is C16H22N2O7S. The summed E-state index contributed by atoms with van der Waals surface area (Å²) in [7, 11) is -0.927. The van der Waals surface area contributed by atoms with Crippen LogP contribution < -0.4 is 14.2 Å². The van der Waals surface area contributed by atoms with Gasteiger partial charge in [0.05, 0.1) is 26.2 Å². The Kier molecular flexibility index (Phi) is 5.96. The molecular weight excluding hydrogens is 364 g/mol. The van der Waals surface area contributed by atoms with E-state index in [0.717, 1.165) is 12.7 Å². The third-order valence-corrected chi connectivity index (χ3v) is 4.66. The Morgan fingerprint density at radius 3 is 2.46 bits per heavy atom. The number of methoxy groups -OCH3 is 2. The predicted molar refractivity (Wildman–Crippen MR) is 94.3 cm³/mol. The van der Waals surface area contributed by atoms with Crippen LogP contribution in [0.3, 0.4) is 0 Å². The van der Waals surface area contributed by atoms with Crippen LogP contribution >= 0.6 is 0 Å². The van der Waals surface area contributed by atoms with Gasteiger partial charge in [0.1, 0.15) is 6.04 Å². The number of carboxylic acids is 1. The third-order valence-electron chi connectivity index (χ3n) is 4.07. The SMILES string of the molecule is COc1cc(C(=O)N2CCCCC2C(=O)O)cc(NS(C)(=O)=O)c1OC. The van der Waals surface area contributed by atoms with Gasteiger partial charge in [-0.25, -0.2) is 13.2 Å².